The van der Waals surface area contributed by atoms with Gasteiger partial charge in [-0.2, -0.15) is 0 Å². The van der Waals surface area contributed by atoms with Crippen LogP contribution in [-0.2, 0) is 11.2 Å². The lowest BCUT2D eigenvalue weighted by Crippen LogP contribution is -2.88. The number of anilines is 1. The predicted octanol–water partition coefficient (Wildman–Crippen LogP) is 4.15. The molecular formula is C24H24FN2O+. The van der Waals surface area contributed by atoms with Gasteiger partial charge in [0.25, 0.3) is 5.91 Å². The fraction of sp³-hybridized carbons (Fsp3) is 0.208. The van der Waals surface area contributed by atoms with E-state index in [4.69, 9.17) is 0 Å². The number of carbonyl (C=O) groups is 1. The average Bonchev–Trinajstić information content (AvgIpc) is 2.74. The van der Waals surface area contributed by atoms with Crippen molar-refractivity contribution in [2.75, 3.05) is 5.32 Å². The number of aryl methyl sites for hydroxylation is 1. The summed E-state index contributed by atoms with van der Waals surface area (Å²) in [5, 5.41) is 5.12. The molecule has 0 unspecified atom stereocenters. The van der Waals surface area contributed by atoms with Gasteiger partial charge >= 0.3 is 0 Å². The minimum Gasteiger partial charge on any atom is -0.326 e. The van der Waals surface area contributed by atoms with Gasteiger partial charge in [-0.1, -0.05) is 54.6 Å². The molecule has 3 nitrogen and oxygen atoms in total. The number of nitrogens with two attached hydrogens (primary N) is 1. The van der Waals surface area contributed by atoms with Crippen LogP contribution in [0.3, 0.4) is 0 Å². The second-order valence-corrected chi connectivity index (χ2v) is 7.27. The van der Waals surface area contributed by atoms with E-state index in [1.807, 2.05) is 30.3 Å². The first-order valence-electron chi connectivity index (χ1n) is 9.75. The SMILES string of the molecule is O=C(Nc1ccc(F)cc1)[C@H]([NH2+][C@H]1CCCc2ccccc21)c1ccccc1. The van der Waals surface area contributed by atoms with E-state index in [9.17, 15) is 9.18 Å². The number of benzene rings is 3. The van der Waals surface area contributed by atoms with Crippen LogP contribution >= 0.6 is 0 Å². The van der Waals surface area contributed by atoms with Crippen molar-refractivity contribution in [1.82, 2.24) is 0 Å². The zero-order chi connectivity index (χ0) is 19.3. The Bertz CT molecular complexity index is 940. The smallest absolute Gasteiger partial charge is 0.287 e. The molecule has 1 aliphatic rings. The first kappa shape index (κ1) is 18.4. The summed E-state index contributed by atoms with van der Waals surface area (Å²) in [4.78, 5) is 13.1. The summed E-state index contributed by atoms with van der Waals surface area (Å²) in [5.74, 6) is -0.413. The van der Waals surface area contributed by atoms with Crippen LogP contribution in [0.1, 0.15) is 41.6 Å². The minimum absolute atomic E-state index is 0.0964. The summed E-state index contributed by atoms with van der Waals surface area (Å²) in [6.45, 7) is 0. The molecule has 3 aromatic rings. The van der Waals surface area contributed by atoms with Crippen molar-refractivity contribution in [3.05, 3.63) is 101 Å². The standard InChI is InChI=1S/C24H23FN2O/c25-19-13-15-20(16-14-19)26-24(28)23(18-8-2-1-3-9-18)27-22-12-6-10-17-7-4-5-11-21(17)22/h1-5,7-9,11,13-16,22-23,27H,6,10,12H2,(H,26,28)/p+1/t22-,23+/m0/s1. The average molecular weight is 375 g/mol. The number of fused-ring (bicyclic) bond motifs is 1. The number of carbonyl (C=O) groups excluding carboxylic acids is 1. The molecule has 4 heteroatoms. The first-order chi connectivity index (χ1) is 13.7. The summed E-state index contributed by atoms with van der Waals surface area (Å²) in [6, 6.07) is 24.1. The van der Waals surface area contributed by atoms with Gasteiger partial charge in [0, 0.05) is 23.2 Å². The molecule has 0 bridgehead atoms. The summed E-state index contributed by atoms with van der Waals surface area (Å²) >= 11 is 0. The number of rotatable bonds is 5. The van der Waals surface area contributed by atoms with Gasteiger partial charge in [0.2, 0.25) is 0 Å². The maximum atomic E-state index is 13.2. The van der Waals surface area contributed by atoms with Gasteiger partial charge in [-0.3, -0.25) is 4.79 Å². The Labute approximate surface area is 164 Å². The van der Waals surface area contributed by atoms with Crippen LogP contribution in [0.5, 0.6) is 0 Å². The van der Waals surface area contributed by atoms with Gasteiger partial charge in [-0.25, -0.2) is 4.39 Å². The lowest BCUT2D eigenvalue weighted by Gasteiger charge is -2.27. The van der Waals surface area contributed by atoms with Crippen molar-refractivity contribution in [2.24, 2.45) is 0 Å². The minimum atomic E-state index is -0.373. The molecule has 28 heavy (non-hydrogen) atoms. The van der Waals surface area contributed by atoms with E-state index >= 15 is 0 Å². The van der Waals surface area contributed by atoms with Crippen LogP contribution in [0.2, 0.25) is 0 Å². The van der Waals surface area contributed by atoms with Crippen molar-refractivity contribution in [3.8, 4) is 0 Å². The van der Waals surface area contributed by atoms with E-state index in [0.29, 0.717) is 5.69 Å². The van der Waals surface area contributed by atoms with Crippen LogP contribution < -0.4 is 10.6 Å². The maximum absolute atomic E-state index is 13.2. The zero-order valence-corrected chi connectivity index (χ0v) is 15.6. The van der Waals surface area contributed by atoms with Crippen LogP contribution in [0.15, 0.2) is 78.9 Å². The van der Waals surface area contributed by atoms with Crippen molar-refractivity contribution in [1.29, 1.82) is 0 Å². The number of nitrogens with one attached hydrogen (secondary N) is 1. The third-order valence-electron chi connectivity index (χ3n) is 5.39. The molecule has 1 amide bonds. The third kappa shape index (κ3) is 4.12. The number of hydrogen-bond acceptors (Lipinski definition) is 1. The number of quaternary nitrogens is 1. The first-order valence-corrected chi connectivity index (χ1v) is 9.75. The maximum Gasteiger partial charge on any atom is 0.287 e. The molecule has 2 atom stereocenters. The van der Waals surface area contributed by atoms with Crippen molar-refractivity contribution >= 4 is 11.6 Å². The quantitative estimate of drug-likeness (QED) is 0.691. The third-order valence-corrected chi connectivity index (χ3v) is 5.39. The van der Waals surface area contributed by atoms with E-state index in [2.05, 4.69) is 34.9 Å². The van der Waals surface area contributed by atoms with E-state index in [0.717, 1.165) is 24.8 Å². The Morgan fingerprint density at radius 2 is 1.68 bits per heavy atom. The molecule has 3 N–H and O–H groups in total. The molecule has 0 aromatic heterocycles. The van der Waals surface area contributed by atoms with Crippen LogP contribution in [0, 0.1) is 5.82 Å². The van der Waals surface area contributed by atoms with Crippen LogP contribution in [0.25, 0.3) is 0 Å². The van der Waals surface area contributed by atoms with E-state index in [-0.39, 0.29) is 23.8 Å². The molecule has 3 aromatic carbocycles. The molecule has 0 heterocycles. The largest absolute Gasteiger partial charge is 0.326 e. The highest BCUT2D eigenvalue weighted by molar-refractivity contribution is 5.94. The Balaban J connectivity index is 1.60. The molecule has 142 valence electrons. The summed E-state index contributed by atoms with van der Waals surface area (Å²) < 4.78 is 13.2. The second kappa shape index (κ2) is 8.36. The summed E-state index contributed by atoms with van der Waals surface area (Å²) in [5.41, 5.74) is 4.26. The van der Waals surface area contributed by atoms with E-state index in [1.165, 1.54) is 23.3 Å². The topological polar surface area (TPSA) is 45.7 Å². The molecule has 0 spiro atoms. The highest BCUT2D eigenvalue weighted by atomic mass is 19.1. The van der Waals surface area contributed by atoms with Crippen LogP contribution in [0.4, 0.5) is 10.1 Å². The van der Waals surface area contributed by atoms with Crippen molar-refractivity contribution in [2.45, 2.75) is 31.3 Å². The Morgan fingerprint density at radius 3 is 2.46 bits per heavy atom. The van der Waals surface area contributed by atoms with Crippen LogP contribution in [-0.4, -0.2) is 5.91 Å². The summed E-state index contributed by atoms with van der Waals surface area (Å²) in [7, 11) is 0. The molecular weight excluding hydrogens is 351 g/mol. The van der Waals surface area contributed by atoms with Gasteiger partial charge < -0.3 is 10.6 Å². The molecule has 0 saturated heterocycles. The van der Waals surface area contributed by atoms with Gasteiger partial charge in [0.05, 0.1) is 0 Å². The normalized spacial score (nSPS) is 16.8. The highest BCUT2D eigenvalue weighted by Gasteiger charge is 2.31. The monoisotopic (exact) mass is 375 g/mol. The van der Waals surface area contributed by atoms with Crippen molar-refractivity contribution < 1.29 is 14.5 Å². The lowest BCUT2D eigenvalue weighted by atomic mass is 9.87. The number of amides is 1. The Hall–Kier alpha value is -2.98. The molecule has 4 rings (SSSR count). The van der Waals surface area contributed by atoms with Gasteiger partial charge in [-0.15, -0.1) is 0 Å². The van der Waals surface area contributed by atoms with Gasteiger partial charge in [0.15, 0.2) is 6.04 Å². The second-order valence-electron chi connectivity index (χ2n) is 7.27. The fourth-order valence-electron chi connectivity index (χ4n) is 3.99. The Morgan fingerprint density at radius 1 is 0.964 bits per heavy atom. The summed E-state index contributed by atoms with van der Waals surface area (Å²) in [6.07, 6.45) is 3.27. The zero-order valence-electron chi connectivity index (χ0n) is 15.6. The molecule has 0 fully saturated rings. The molecule has 1 aliphatic carbocycles. The number of hydrogen-bond donors (Lipinski definition) is 2. The van der Waals surface area contributed by atoms with E-state index in [1.54, 1.807) is 12.1 Å². The Kier molecular flexibility index (Phi) is 5.49. The fourth-order valence-corrected chi connectivity index (χ4v) is 3.99. The lowest BCUT2D eigenvalue weighted by molar-refractivity contribution is -0.723. The van der Waals surface area contributed by atoms with Gasteiger partial charge in [0.1, 0.15) is 11.9 Å². The highest BCUT2D eigenvalue weighted by Crippen LogP contribution is 2.28. The van der Waals surface area contributed by atoms with Crippen molar-refractivity contribution in [3.63, 3.8) is 0 Å². The molecule has 0 radical (unpaired) electrons. The molecule has 0 saturated carbocycles. The van der Waals surface area contributed by atoms with Gasteiger partial charge in [-0.05, 0) is 42.7 Å². The number of halogens is 1. The predicted molar refractivity (Wildman–Crippen MR) is 108 cm³/mol. The molecule has 0 aliphatic heterocycles. The van der Waals surface area contributed by atoms with E-state index < -0.39 is 0 Å².